The van der Waals surface area contributed by atoms with Crippen molar-refractivity contribution in [2.75, 3.05) is 0 Å². The van der Waals surface area contributed by atoms with Gasteiger partial charge in [-0.15, -0.1) is 11.3 Å². The monoisotopic (exact) mass is 225 g/mol. The van der Waals surface area contributed by atoms with Gasteiger partial charge >= 0.3 is 0 Å². The van der Waals surface area contributed by atoms with Crippen LogP contribution in [0.15, 0.2) is 5.38 Å². The minimum atomic E-state index is 0.380. The van der Waals surface area contributed by atoms with Crippen LogP contribution < -0.4 is 11.3 Å². The predicted molar refractivity (Wildman–Crippen MR) is 63.6 cm³/mol. The smallest absolute Gasteiger partial charge is 0.0944 e. The number of thiazole rings is 1. The molecule has 0 aliphatic heterocycles. The average Bonchev–Trinajstić information content (AvgIpc) is 2.59. The molecule has 2 unspecified atom stereocenters. The third-order valence-electron chi connectivity index (χ3n) is 3.35. The van der Waals surface area contributed by atoms with Crippen molar-refractivity contribution in [1.29, 1.82) is 0 Å². The molecule has 2 atom stereocenters. The van der Waals surface area contributed by atoms with E-state index >= 15 is 0 Å². The Hall–Kier alpha value is -0.450. The van der Waals surface area contributed by atoms with Gasteiger partial charge in [-0.05, 0) is 24.7 Å². The molecule has 3 nitrogen and oxygen atoms in total. The Kier molecular flexibility index (Phi) is 2.83. The Bertz CT molecular complexity index is 345. The highest BCUT2D eigenvalue weighted by Crippen LogP contribution is 2.53. The molecule has 0 radical (unpaired) electrons. The highest BCUT2D eigenvalue weighted by molar-refractivity contribution is 7.09. The highest BCUT2D eigenvalue weighted by Gasteiger charge is 2.49. The number of aryl methyl sites for hydroxylation is 1. The lowest BCUT2D eigenvalue weighted by Gasteiger charge is -2.16. The number of nitrogens with two attached hydrogens (primary N) is 1. The van der Waals surface area contributed by atoms with Gasteiger partial charge in [-0.1, -0.05) is 13.8 Å². The summed E-state index contributed by atoms with van der Waals surface area (Å²) in [5.41, 5.74) is 4.52. The quantitative estimate of drug-likeness (QED) is 0.607. The maximum absolute atomic E-state index is 5.62. The Balaban J connectivity index is 1.98. The lowest BCUT2D eigenvalue weighted by molar-refractivity contribution is 0.408. The van der Waals surface area contributed by atoms with E-state index < -0.39 is 0 Å². The van der Waals surface area contributed by atoms with Gasteiger partial charge in [0.2, 0.25) is 0 Å². The third-order valence-corrected chi connectivity index (χ3v) is 4.34. The van der Waals surface area contributed by atoms with Gasteiger partial charge in [-0.3, -0.25) is 11.3 Å². The van der Waals surface area contributed by atoms with Crippen LogP contribution in [-0.4, -0.2) is 11.0 Å². The topological polar surface area (TPSA) is 50.9 Å². The summed E-state index contributed by atoms with van der Waals surface area (Å²) in [5.74, 6) is 6.32. The molecule has 4 heteroatoms. The van der Waals surface area contributed by atoms with Crippen molar-refractivity contribution in [2.24, 2.45) is 17.2 Å². The predicted octanol–water partition coefficient (Wildman–Crippen LogP) is 1.87. The maximum Gasteiger partial charge on any atom is 0.0944 e. The number of aromatic nitrogens is 1. The van der Waals surface area contributed by atoms with Crippen molar-refractivity contribution in [3.8, 4) is 0 Å². The summed E-state index contributed by atoms with van der Waals surface area (Å²) in [7, 11) is 0. The first-order chi connectivity index (χ1) is 7.03. The Morgan fingerprint density at radius 2 is 2.40 bits per heavy atom. The molecule has 84 valence electrons. The largest absolute Gasteiger partial charge is 0.271 e. The Labute approximate surface area is 95.1 Å². The Morgan fingerprint density at radius 3 is 2.80 bits per heavy atom. The molecule has 2 rings (SSSR count). The SMILES string of the molecule is Cc1csc(CC(NN)C2CC2(C)C)n1. The summed E-state index contributed by atoms with van der Waals surface area (Å²) in [6.07, 6.45) is 2.23. The molecule has 0 amide bonds. The first-order valence-corrected chi connectivity index (χ1v) is 6.28. The van der Waals surface area contributed by atoms with Crippen molar-refractivity contribution in [3.05, 3.63) is 16.1 Å². The summed E-state index contributed by atoms with van der Waals surface area (Å²) in [6, 6.07) is 0.380. The molecule has 1 heterocycles. The molecular formula is C11H19N3S. The van der Waals surface area contributed by atoms with Crippen molar-refractivity contribution in [3.63, 3.8) is 0 Å². The zero-order chi connectivity index (χ0) is 11.1. The highest BCUT2D eigenvalue weighted by atomic mass is 32.1. The first-order valence-electron chi connectivity index (χ1n) is 5.40. The van der Waals surface area contributed by atoms with Crippen LogP contribution in [-0.2, 0) is 6.42 Å². The molecule has 0 saturated heterocycles. The zero-order valence-electron chi connectivity index (χ0n) is 9.58. The second-order valence-corrected chi connectivity index (χ2v) is 6.10. The van der Waals surface area contributed by atoms with E-state index in [-0.39, 0.29) is 0 Å². The second-order valence-electron chi connectivity index (χ2n) is 5.16. The lowest BCUT2D eigenvalue weighted by atomic mass is 10.0. The fourth-order valence-electron chi connectivity index (χ4n) is 2.20. The van der Waals surface area contributed by atoms with Crippen molar-refractivity contribution in [1.82, 2.24) is 10.4 Å². The average molecular weight is 225 g/mol. The van der Waals surface area contributed by atoms with E-state index in [2.05, 4.69) is 29.6 Å². The van der Waals surface area contributed by atoms with Gasteiger partial charge in [0.1, 0.15) is 0 Å². The van der Waals surface area contributed by atoms with Crippen LogP contribution >= 0.6 is 11.3 Å². The number of hydrazine groups is 1. The molecule has 1 aliphatic carbocycles. The molecule has 3 N–H and O–H groups in total. The molecule has 1 aromatic heterocycles. The van der Waals surface area contributed by atoms with Gasteiger partial charge in [0, 0.05) is 23.5 Å². The number of nitrogens with one attached hydrogen (secondary N) is 1. The van der Waals surface area contributed by atoms with Crippen LogP contribution in [0.5, 0.6) is 0 Å². The third kappa shape index (κ3) is 2.38. The van der Waals surface area contributed by atoms with Crippen molar-refractivity contribution in [2.45, 2.75) is 39.7 Å². The van der Waals surface area contributed by atoms with Gasteiger partial charge in [0.25, 0.3) is 0 Å². The minimum absolute atomic E-state index is 0.380. The summed E-state index contributed by atoms with van der Waals surface area (Å²) >= 11 is 1.73. The summed E-state index contributed by atoms with van der Waals surface area (Å²) in [6.45, 7) is 6.64. The normalized spacial score (nSPS) is 25.2. The fraction of sp³-hybridized carbons (Fsp3) is 0.727. The van der Waals surface area contributed by atoms with Crippen LogP contribution in [0.1, 0.15) is 31.0 Å². The van der Waals surface area contributed by atoms with Crippen molar-refractivity contribution < 1.29 is 0 Å². The van der Waals surface area contributed by atoms with Gasteiger partial charge < -0.3 is 0 Å². The minimum Gasteiger partial charge on any atom is -0.271 e. The number of rotatable bonds is 4. The van der Waals surface area contributed by atoms with Gasteiger partial charge in [0.15, 0.2) is 0 Å². The van der Waals surface area contributed by atoms with E-state index in [1.165, 1.54) is 11.4 Å². The molecule has 1 fully saturated rings. The fourth-order valence-corrected chi connectivity index (χ4v) is 3.03. The maximum atomic E-state index is 5.62. The molecule has 1 saturated carbocycles. The number of hydrogen-bond donors (Lipinski definition) is 2. The molecule has 0 spiro atoms. The van der Waals surface area contributed by atoms with Gasteiger partial charge in [0.05, 0.1) is 5.01 Å². The first kappa shape index (κ1) is 11.0. The van der Waals surface area contributed by atoms with Crippen LogP contribution in [0, 0.1) is 18.3 Å². The van der Waals surface area contributed by atoms with E-state index in [0.29, 0.717) is 17.4 Å². The molecule has 1 aromatic rings. The van der Waals surface area contributed by atoms with E-state index in [1.54, 1.807) is 11.3 Å². The van der Waals surface area contributed by atoms with E-state index in [4.69, 9.17) is 5.84 Å². The van der Waals surface area contributed by atoms with E-state index in [9.17, 15) is 0 Å². The molecule has 0 bridgehead atoms. The van der Waals surface area contributed by atoms with Gasteiger partial charge in [-0.25, -0.2) is 4.98 Å². The van der Waals surface area contributed by atoms with E-state index in [1.807, 2.05) is 6.92 Å². The van der Waals surface area contributed by atoms with E-state index in [0.717, 1.165) is 12.1 Å². The second kappa shape index (κ2) is 3.85. The molecule has 1 aliphatic rings. The number of hydrogen-bond acceptors (Lipinski definition) is 4. The van der Waals surface area contributed by atoms with Crippen molar-refractivity contribution >= 4 is 11.3 Å². The van der Waals surface area contributed by atoms with Crippen LogP contribution in [0.25, 0.3) is 0 Å². The standard InChI is InChI=1S/C11H19N3S/c1-7-6-15-10(13-7)4-9(14-12)8-5-11(8,2)3/h6,8-9,14H,4-5,12H2,1-3H3. The lowest BCUT2D eigenvalue weighted by Crippen LogP contribution is -2.39. The Morgan fingerprint density at radius 1 is 1.73 bits per heavy atom. The van der Waals surface area contributed by atoms with Crippen LogP contribution in [0.2, 0.25) is 0 Å². The summed E-state index contributed by atoms with van der Waals surface area (Å²) in [5, 5.41) is 3.29. The van der Waals surface area contributed by atoms with Crippen LogP contribution in [0.4, 0.5) is 0 Å². The molecule has 15 heavy (non-hydrogen) atoms. The zero-order valence-corrected chi connectivity index (χ0v) is 10.4. The van der Waals surface area contributed by atoms with Crippen LogP contribution in [0.3, 0.4) is 0 Å². The van der Waals surface area contributed by atoms with Gasteiger partial charge in [-0.2, -0.15) is 0 Å². The summed E-state index contributed by atoms with van der Waals surface area (Å²) < 4.78 is 0. The molecular weight excluding hydrogens is 206 g/mol. The number of nitrogens with zero attached hydrogens (tertiary/aromatic N) is 1. The molecule has 0 aromatic carbocycles. The summed E-state index contributed by atoms with van der Waals surface area (Å²) in [4.78, 5) is 4.48.